The van der Waals surface area contributed by atoms with Crippen LogP contribution in [0.15, 0.2) is 23.1 Å². The molecule has 112 valence electrons. The van der Waals surface area contributed by atoms with Gasteiger partial charge in [0.1, 0.15) is 9.88 Å². The lowest BCUT2D eigenvalue weighted by atomic mass is 10.1. The summed E-state index contributed by atoms with van der Waals surface area (Å²) in [6.45, 7) is 4.54. The van der Waals surface area contributed by atoms with E-state index in [1.54, 1.807) is 13.1 Å². The highest BCUT2D eigenvalue weighted by molar-refractivity contribution is 7.89. The third-order valence-electron chi connectivity index (χ3n) is 2.93. The summed E-state index contributed by atoms with van der Waals surface area (Å²) in [4.78, 5) is 0.259. The van der Waals surface area contributed by atoms with Gasteiger partial charge in [0.05, 0.1) is 5.02 Å². The summed E-state index contributed by atoms with van der Waals surface area (Å²) in [5.41, 5.74) is 6.05. The molecular weight excluding hydrogens is 316 g/mol. The summed E-state index contributed by atoms with van der Waals surface area (Å²) in [7, 11) is -2.04. The number of rotatable bonds is 6. The maximum absolute atomic E-state index is 12.4. The number of nitrogens with two attached hydrogens (primary N) is 1. The Labute approximate surface area is 131 Å². The van der Waals surface area contributed by atoms with Crippen LogP contribution in [-0.4, -0.2) is 31.3 Å². The maximum Gasteiger partial charge on any atom is 0.244 e. The zero-order valence-corrected chi connectivity index (χ0v) is 14.1. The fourth-order valence-corrected chi connectivity index (χ4v) is 3.42. The van der Waals surface area contributed by atoms with Gasteiger partial charge in [-0.3, -0.25) is 0 Å². The molecule has 0 amide bonds. The predicted molar refractivity (Wildman–Crippen MR) is 86.6 cm³/mol. The van der Waals surface area contributed by atoms with E-state index < -0.39 is 10.0 Å². The van der Waals surface area contributed by atoms with Crippen LogP contribution < -0.4 is 5.73 Å². The van der Waals surface area contributed by atoms with Crippen molar-refractivity contribution in [2.75, 3.05) is 13.6 Å². The van der Waals surface area contributed by atoms with Gasteiger partial charge in [0.2, 0.25) is 10.0 Å². The number of hydrogen-bond donors (Lipinski definition) is 1. The second-order valence-corrected chi connectivity index (χ2v) is 7.88. The Kier molecular flexibility index (Phi) is 5.94. The summed E-state index contributed by atoms with van der Waals surface area (Å²) in [5, 5.41) is 0.131. The van der Waals surface area contributed by atoms with Crippen LogP contribution in [0.1, 0.15) is 25.8 Å². The molecule has 0 aliphatic heterocycles. The molecule has 0 saturated carbocycles. The van der Waals surface area contributed by atoms with Crippen LogP contribution in [0.5, 0.6) is 0 Å². The fraction of sp³-hybridized carbons (Fsp3) is 0.462. The molecule has 0 fully saturated rings. The Balaban J connectivity index is 3.06. The van der Waals surface area contributed by atoms with Crippen LogP contribution in [0, 0.1) is 5.92 Å². The van der Waals surface area contributed by atoms with Crippen molar-refractivity contribution >= 4 is 38.8 Å². The lowest BCUT2D eigenvalue weighted by molar-refractivity contribution is 0.428. The molecule has 4 nitrogen and oxygen atoms in total. The minimum absolute atomic E-state index is 0.0745. The largest absolute Gasteiger partial charge is 0.389 e. The van der Waals surface area contributed by atoms with Crippen LogP contribution in [0.3, 0.4) is 0 Å². The second kappa shape index (κ2) is 6.85. The molecule has 0 bridgehead atoms. The van der Waals surface area contributed by atoms with Crippen molar-refractivity contribution in [3.05, 3.63) is 28.8 Å². The van der Waals surface area contributed by atoms with Gasteiger partial charge in [0, 0.05) is 19.2 Å². The summed E-state index contributed by atoms with van der Waals surface area (Å²) in [5.74, 6) is 0.431. The molecule has 0 aromatic heterocycles. The fourth-order valence-electron chi connectivity index (χ4n) is 1.59. The minimum atomic E-state index is -3.59. The van der Waals surface area contributed by atoms with E-state index in [4.69, 9.17) is 29.6 Å². The van der Waals surface area contributed by atoms with Crippen LogP contribution >= 0.6 is 23.8 Å². The number of thiocarbonyl (C=S) groups is 1. The Morgan fingerprint density at radius 2 is 2.05 bits per heavy atom. The molecule has 1 rings (SSSR count). The SMILES string of the molecule is CC(C)CCN(C)S(=O)(=O)c1ccc(C(N)=S)cc1Cl. The third kappa shape index (κ3) is 4.15. The van der Waals surface area contributed by atoms with E-state index in [0.717, 1.165) is 6.42 Å². The first-order valence-corrected chi connectivity index (χ1v) is 8.44. The molecule has 0 heterocycles. The zero-order valence-electron chi connectivity index (χ0n) is 11.8. The van der Waals surface area contributed by atoms with Crippen LogP contribution in [0.25, 0.3) is 0 Å². The van der Waals surface area contributed by atoms with Crippen LogP contribution in [0.4, 0.5) is 0 Å². The molecule has 0 radical (unpaired) electrons. The maximum atomic E-state index is 12.4. The van der Waals surface area contributed by atoms with E-state index in [1.807, 2.05) is 13.8 Å². The van der Waals surface area contributed by atoms with Gasteiger partial charge < -0.3 is 5.73 Å². The molecule has 1 aromatic rings. The van der Waals surface area contributed by atoms with Crippen molar-refractivity contribution in [3.63, 3.8) is 0 Å². The average molecular weight is 335 g/mol. The van der Waals surface area contributed by atoms with Gasteiger partial charge in [-0.25, -0.2) is 12.7 Å². The van der Waals surface area contributed by atoms with E-state index >= 15 is 0 Å². The molecule has 0 aliphatic carbocycles. The van der Waals surface area contributed by atoms with Crippen LogP contribution in [-0.2, 0) is 10.0 Å². The average Bonchev–Trinajstić information content (AvgIpc) is 2.35. The second-order valence-electron chi connectivity index (χ2n) is 5.02. The van der Waals surface area contributed by atoms with Crippen molar-refractivity contribution in [2.24, 2.45) is 11.7 Å². The van der Waals surface area contributed by atoms with Gasteiger partial charge in [-0.2, -0.15) is 0 Å². The quantitative estimate of drug-likeness (QED) is 0.812. The van der Waals surface area contributed by atoms with E-state index in [1.165, 1.54) is 16.4 Å². The number of halogens is 1. The molecule has 0 spiro atoms. The highest BCUT2D eigenvalue weighted by Crippen LogP contribution is 2.25. The molecule has 20 heavy (non-hydrogen) atoms. The Morgan fingerprint density at radius 3 is 2.50 bits per heavy atom. The molecule has 1 aromatic carbocycles. The van der Waals surface area contributed by atoms with Crippen molar-refractivity contribution in [2.45, 2.75) is 25.2 Å². The molecule has 2 N–H and O–H groups in total. The van der Waals surface area contributed by atoms with Gasteiger partial charge in [0.25, 0.3) is 0 Å². The van der Waals surface area contributed by atoms with E-state index in [0.29, 0.717) is 18.0 Å². The predicted octanol–water partition coefficient (Wildman–Crippen LogP) is 2.64. The number of benzene rings is 1. The summed E-state index contributed by atoms with van der Waals surface area (Å²) in [6.07, 6.45) is 0.790. The molecule has 0 unspecified atom stereocenters. The Bertz CT molecular complexity index is 600. The third-order valence-corrected chi connectivity index (χ3v) is 5.50. The van der Waals surface area contributed by atoms with Gasteiger partial charge in [-0.15, -0.1) is 0 Å². The normalized spacial score (nSPS) is 12.1. The first-order chi connectivity index (χ1) is 9.16. The van der Waals surface area contributed by atoms with Crippen molar-refractivity contribution in [1.29, 1.82) is 0 Å². The first kappa shape index (κ1) is 17.4. The van der Waals surface area contributed by atoms with E-state index in [9.17, 15) is 8.42 Å². The van der Waals surface area contributed by atoms with Gasteiger partial charge in [-0.05, 0) is 24.5 Å². The lowest BCUT2D eigenvalue weighted by Gasteiger charge is -2.19. The first-order valence-electron chi connectivity index (χ1n) is 6.22. The summed E-state index contributed by atoms with van der Waals surface area (Å²) < 4.78 is 26.2. The molecule has 0 saturated heterocycles. The monoisotopic (exact) mass is 334 g/mol. The number of nitrogens with zero attached hydrogens (tertiary/aromatic N) is 1. The van der Waals surface area contributed by atoms with Gasteiger partial charge in [-0.1, -0.05) is 43.7 Å². The van der Waals surface area contributed by atoms with Crippen molar-refractivity contribution in [3.8, 4) is 0 Å². The smallest absolute Gasteiger partial charge is 0.244 e. The Hall–Kier alpha value is -0.690. The molecule has 7 heteroatoms. The highest BCUT2D eigenvalue weighted by Gasteiger charge is 2.23. The standard InChI is InChI=1S/C13H19ClN2O2S2/c1-9(2)6-7-16(3)20(17,18)12-5-4-10(13(15)19)8-11(12)14/h4-5,8-9H,6-7H2,1-3H3,(H2,15,19). The van der Waals surface area contributed by atoms with Gasteiger partial charge >= 0.3 is 0 Å². The van der Waals surface area contributed by atoms with Crippen LogP contribution in [0.2, 0.25) is 5.02 Å². The number of sulfonamides is 1. The zero-order chi connectivity index (χ0) is 15.5. The van der Waals surface area contributed by atoms with Crippen molar-refractivity contribution in [1.82, 2.24) is 4.31 Å². The van der Waals surface area contributed by atoms with E-state index in [2.05, 4.69) is 0 Å². The van der Waals surface area contributed by atoms with Gasteiger partial charge in [0.15, 0.2) is 0 Å². The minimum Gasteiger partial charge on any atom is -0.389 e. The highest BCUT2D eigenvalue weighted by atomic mass is 35.5. The molecule has 0 atom stereocenters. The molecular formula is C13H19ClN2O2S2. The topological polar surface area (TPSA) is 63.4 Å². The summed E-state index contributed by atoms with van der Waals surface area (Å²) >= 11 is 10.9. The van der Waals surface area contributed by atoms with E-state index in [-0.39, 0.29) is 14.9 Å². The van der Waals surface area contributed by atoms with Crippen molar-refractivity contribution < 1.29 is 8.42 Å². The molecule has 0 aliphatic rings. The lowest BCUT2D eigenvalue weighted by Crippen LogP contribution is -2.29. The summed E-state index contributed by atoms with van der Waals surface area (Å²) in [6, 6.07) is 4.49. The number of hydrogen-bond acceptors (Lipinski definition) is 3. The Morgan fingerprint density at radius 1 is 1.45 bits per heavy atom.